The molecule has 130 valence electrons. The van der Waals surface area contributed by atoms with Crippen molar-refractivity contribution in [2.75, 3.05) is 42.3 Å². The number of nitrogens with zero attached hydrogens (tertiary/aromatic N) is 6. The van der Waals surface area contributed by atoms with E-state index >= 15 is 0 Å². The molecule has 0 radical (unpaired) electrons. The predicted octanol–water partition coefficient (Wildman–Crippen LogP) is 2.28. The molecule has 2 aromatic heterocycles. The van der Waals surface area contributed by atoms with E-state index in [1.54, 1.807) is 6.20 Å². The molecule has 3 rings (SSSR count). The summed E-state index contributed by atoms with van der Waals surface area (Å²) in [6, 6.07) is 6.53. The van der Waals surface area contributed by atoms with Crippen molar-refractivity contribution in [3.63, 3.8) is 0 Å². The molecule has 0 spiro atoms. The molecule has 1 aliphatic rings. The lowest BCUT2D eigenvalue weighted by atomic mass is 10.1. The molecule has 0 amide bonds. The summed E-state index contributed by atoms with van der Waals surface area (Å²) in [4.78, 5) is 17.2. The lowest BCUT2D eigenvalue weighted by molar-refractivity contribution is 0.639. The maximum atomic E-state index is 8.82. The first-order valence-electron chi connectivity index (χ1n) is 8.53. The monoisotopic (exact) mass is 337 g/mol. The largest absolute Gasteiger partial charge is 0.381 e. The van der Waals surface area contributed by atoms with E-state index in [0.29, 0.717) is 11.7 Å². The predicted molar refractivity (Wildman–Crippen MR) is 98.8 cm³/mol. The average Bonchev–Trinajstić information content (AvgIpc) is 2.88. The second kappa shape index (κ2) is 7.79. The van der Waals surface area contributed by atoms with E-state index in [0.717, 1.165) is 49.7 Å². The highest BCUT2D eigenvalue weighted by Crippen LogP contribution is 2.20. The van der Waals surface area contributed by atoms with E-state index in [-0.39, 0.29) is 0 Å². The summed E-state index contributed by atoms with van der Waals surface area (Å²) in [7, 11) is 3.97. The van der Waals surface area contributed by atoms with Crippen LogP contribution in [0.4, 0.5) is 17.3 Å². The Hall–Kier alpha value is -2.88. The maximum absolute atomic E-state index is 8.82. The van der Waals surface area contributed by atoms with Crippen molar-refractivity contribution >= 4 is 17.3 Å². The van der Waals surface area contributed by atoms with Crippen LogP contribution in [-0.4, -0.2) is 48.2 Å². The third-order valence-corrected chi connectivity index (χ3v) is 4.38. The zero-order chi connectivity index (χ0) is 17.6. The zero-order valence-electron chi connectivity index (χ0n) is 14.7. The van der Waals surface area contributed by atoms with Crippen LogP contribution in [0.15, 0.2) is 30.7 Å². The first-order valence-corrected chi connectivity index (χ1v) is 8.53. The van der Waals surface area contributed by atoms with E-state index in [4.69, 9.17) is 5.26 Å². The minimum atomic E-state index is 0.354. The van der Waals surface area contributed by atoms with Crippen molar-refractivity contribution < 1.29 is 0 Å². The lowest BCUT2D eigenvalue weighted by Crippen LogP contribution is -2.27. The first kappa shape index (κ1) is 17.0. The van der Waals surface area contributed by atoms with E-state index in [2.05, 4.69) is 31.2 Å². The van der Waals surface area contributed by atoms with Crippen LogP contribution in [0, 0.1) is 11.3 Å². The van der Waals surface area contributed by atoms with Crippen LogP contribution < -0.4 is 15.1 Å². The van der Waals surface area contributed by atoms with Crippen LogP contribution in [0.25, 0.3) is 0 Å². The van der Waals surface area contributed by atoms with Gasteiger partial charge in [-0.1, -0.05) is 0 Å². The molecule has 1 saturated heterocycles. The molecule has 1 aliphatic heterocycles. The summed E-state index contributed by atoms with van der Waals surface area (Å²) in [5.74, 6) is 1.80. The van der Waals surface area contributed by atoms with E-state index in [1.165, 1.54) is 6.20 Å². The van der Waals surface area contributed by atoms with Gasteiger partial charge in [0.2, 0.25) is 0 Å². The van der Waals surface area contributed by atoms with E-state index in [1.807, 2.05) is 37.3 Å². The van der Waals surface area contributed by atoms with Gasteiger partial charge >= 0.3 is 0 Å². The van der Waals surface area contributed by atoms with Gasteiger partial charge < -0.3 is 15.1 Å². The Morgan fingerprint density at radius 3 is 2.64 bits per heavy atom. The maximum Gasteiger partial charge on any atom is 0.158 e. The van der Waals surface area contributed by atoms with Crippen molar-refractivity contribution in [2.24, 2.45) is 0 Å². The normalized spacial score (nSPS) is 17.5. The summed E-state index contributed by atoms with van der Waals surface area (Å²) in [5, 5.41) is 12.4. The summed E-state index contributed by atoms with van der Waals surface area (Å²) in [5.41, 5.74) is 1.41. The minimum absolute atomic E-state index is 0.354. The number of rotatable bonds is 4. The third-order valence-electron chi connectivity index (χ3n) is 4.38. The number of nitrogens with one attached hydrogen (secondary N) is 1. The summed E-state index contributed by atoms with van der Waals surface area (Å²) in [6.45, 7) is 1.87. The summed E-state index contributed by atoms with van der Waals surface area (Å²) in [6.07, 6.45) is 8.34. The Morgan fingerprint density at radius 2 is 2.00 bits per heavy atom. The van der Waals surface area contributed by atoms with Crippen LogP contribution in [0.2, 0.25) is 0 Å². The van der Waals surface area contributed by atoms with Gasteiger partial charge in [0.15, 0.2) is 5.69 Å². The van der Waals surface area contributed by atoms with Gasteiger partial charge in [-0.05, 0) is 31.4 Å². The molecule has 1 atom stereocenters. The molecule has 1 fully saturated rings. The van der Waals surface area contributed by atoms with Crippen LogP contribution in [-0.2, 0) is 0 Å². The molecule has 0 aliphatic carbocycles. The Labute approximate surface area is 148 Å². The summed E-state index contributed by atoms with van der Waals surface area (Å²) >= 11 is 0. The fourth-order valence-corrected chi connectivity index (χ4v) is 2.98. The van der Waals surface area contributed by atoms with Gasteiger partial charge in [0.1, 0.15) is 17.7 Å². The van der Waals surface area contributed by atoms with Crippen LogP contribution in [0.3, 0.4) is 0 Å². The molecule has 0 unspecified atom stereocenters. The number of pyridine rings is 1. The fraction of sp³-hybridized carbons (Fsp3) is 0.444. The molecule has 2 aromatic rings. The highest BCUT2D eigenvalue weighted by atomic mass is 15.2. The molecular weight excluding hydrogens is 314 g/mol. The molecule has 25 heavy (non-hydrogen) atoms. The molecule has 7 nitrogen and oxygen atoms in total. The highest BCUT2D eigenvalue weighted by molar-refractivity contribution is 5.48. The third kappa shape index (κ3) is 4.35. The number of hydrogen-bond donors (Lipinski definition) is 1. The molecule has 0 bridgehead atoms. The second-order valence-electron chi connectivity index (χ2n) is 6.43. The molecule has 0 saturated carbocycles. The highest BCUT2D eigenvalue weighted by Gasteiger charge is 2.18. The Bertz CT molecular complexity index is 719. The van der Waals surface area contributed by atoms with Gasteiger partial charge in [-0.3, -0.25) is 0 Å². The molecule has 3 heterocycles. The number of nitriles is 1. The average molecular weight is 337 g/mol. The fourth-order valence-electron chi connectivity index (χ4n) is 2.98. The van der Waals surface area contributed by atoms with Crippen LogP contribution >= 0.6 is 0 Å². The standard InChI is InChI=1S/C18H23N7/c1-24(2)17-6-5-15(11-21-17)23-14-4-3-8-25(9-7-14)18-13-20-16(10-19)12-22-18/h5-6,11-14,23H,3-4,7-9H2,1-2H3/t14-/m0/s1. The smallest absolute Gasteiger partial charge is 0.158 e. The molecule has 0 aromatic carbocycles. The topological polar surface area (TPSA) is 81.0 Å². The van der Waals surface area contributed by atoms with E-state index < -0.39 is 0 Å². The SMILES string of the molecule is CN(C)c1ccc(N[C@H]2CCCN(c3cnc(C#N)cn3)CC2)cn1. The van der Waals surface area contributed by atoms with Crippen LogP contribution in [0.1, 0.15) is 25.0 Å². The molecular formula is C18H23N7. The van der Waals surface area contributed by atoms with Crippen molar-refractivity contribution in [3.05, 3.63) is 36.4 Å². The van der Waals surface area contributed by atoms with Crippen LogP contribution in [0.5, 0.6) is 0 Å². The zero-order valence-corrected chi connectivity index (χ0v) is 14.7. The summed E-state index contributed by atoms with van der Waals surface area (Å²) < 4.78 is 0. The Kier molecular flexibility index (Phi) is 5.29. The molecule has 1 N–H and O–H groups in total. The quantitative estimate of drug-likeness (QED) is 0.916. The van der Waals surface area contributed by atoms with E-state index in [9.17, 15) is 0 Å². The van der Waals surface area contributed by atoms with Gasteiger partial charge in [0.25, 0.3) is 0 Å². The van der Waals surface area contributed by atoms with Gasteiger partial charge in [-0.25, -0.2) is 15.0 Å². The second-order valence-corrected chi connectivity index (χ2v) is 6.43. The Balaban J connectivity index is 1.58. The van der Waals surface area contributed by atoms with Gasteiger partial charge in [0.05, 0.1) is 24.3 Å². The van der Waals surface area contributed by atoms with Gasteiger partial charge in [-0.2, -0.15) is 5.26 Å². The lowest BCUT2D eigenvalue weighted by Gasteiger charge is -2.21. The Morgan fingerprint density at radius 1 is 1.12 bits per heavy atom. The first-order chi connectivity index (χ1) is 12.2. The molecule has 7 heteroatoms. The van der Waals surface area contributed by atoms with Crippen molar-refractivity contribution in [1.29, 1.82) is 5.26 Å². The number of anilines is 3. The number of aromatic nitrogens is 3. The van der Waals surface area contributed by atoms with Crippen molar-refractivity contribution in [2.45, 2.75) is 25.3 Å². The number of hydrogen-bond acceptors (Lipinski definition) is 7. The van der Waals surface area contributed by atoms with Crippen molar-refractivity contribution in [1.82, 2.24) is 15.0 Å². The van der Waals surface area contributed by atoms with Gasteiger partial charge in [-0.15, -0.1) is 0 Å². The minimum Gasteiger partial charge on any atom is -0.381 e. The van der Waals surface area contributed by atoms with Gasteiger partial charge in [0, 0.05) is 33.2 Å². The van der Waals surface area contributed by atoms with Crippen molar-refractivity contribution in [3.8, 4) is 6.07 Å².